The first-order valence-electron chi connectivity index (χ1n) is 6.93. The number of rotatable bonds is 4. The second kappa shape index (κ2) is 6.80. The topological polar surface area (TPSA) is 37.8 Å². The van der Waals surface area contributed by atoms with Gasteiger partial charge in [-0.2, -0.15) is 11.8 Å². The summed E-state index contributed by atoms with van der Waals surface area (Å²) in [6.45, 7) is 4.26. The van der Waals surface area contributed by atoms with Gasteiger partial charge in [0.2, 0.25) is 0 Å². The van der Waals surface area contributed by atoms with E-state index in [-0.39, 0.29) is 0 Å². The zero-order chi connectivity index (χ0) is 13.8. The van der Waals surface area contributed by atoms with E-state index in [1.54, 1.807) is 6.33 Å². The lowest BCUT2D eigenvalue weighted by atomic mass is 9.94. The number of hydrogen-bond acceptors (Lipinski definition) is 4. The summed E-state index contributed by atoms with van der Waals surface area (Å²) in [6, 6.07) is 0.493. The van der Waals surface area contributed by atoms with Crippen molar-refractivity contribution in [2.24, 2.45) is 0 Å². The summed E-state index contributed by atoms with van der Waals surface area (Å²) >= 11 is 8.17. The number of halogens is 1. The fourth-order valence-corrected chi connectivity index (χ4v) is 4.01. The molecule has 1 aromatic rings. The Bertz CT molecular complexity index is 425. The van der Waals surface area contributed by atoms with Crippen LogP contribution >= 0.6 is 23.4 Å². The van der Waals surface area contributed by atoms with Crippen LogP contribution in [0.5, 0.6) is 0 Å². The fraction of sp³-hybridized carbons (Fsp3) is 0.714. The summed E-state index contributed by atoms with van der Waals surface area (Å²) in [4.78, 5) is 8.51. The molecule has 2 unspecified atom stereocenters. The first-order valence-corrected chi connectivity index (χ1v) is 8.59. The second-order valence-electron chi connectivity index (χ2n) is 5.39. The zero-order valence-electron chi connectivity index (χ0n) is 11.8. The van der Waals surface area contributed by atoms with Crippen LogP contribution in [0.2, 0.25) is 5.15 Å². The van der Waals surface area contributed by atoms with E-state index < -0.39 is 0 Å². The van der Waals surface area contributed by atoms with Crippen LogP contribution in [0.25, 0.3) is 0 Å². The summed E-state index contributed by atoms with van der Waals surface area (Å²) in [5, 5.41) is 4.86. The van der Waals surface area contributed by atoms with Crippen molar-refractivity contribution in [2.45, 2.75) is 56.7 Å². The van der Waals surface area contributed by atoms with E-state index in [9.17, 15) is 0 Å². The number of nitrogens with zero attached hydrogens (tertiary/aromatic N) is 2. The largest absolute Gasteiger partial charge is 0.366 e. The molecule has 3 nitrogen and oxygen atoms in total. The molecule has 0 aromatic carbocycles. The fourth-order valence-electron chi connectivity index (χ4n) is 2.72. The average molecular weight is 300 g/mol. The Balaban J connectivity index is 2.20. The van der Waals surface area contributed by atoms with Crippen molar-refractivity contribution in [1.82, 2.24) is 9.97 Å². The first-order chi connectivity index (χ1) is 9.13. The SMILES string of the molecule is CSC1CCCCC1Nc1ncnc(Cl)c1C(C)C. The third kappa shape index (κ3) is 3.54. The molecule has 1 aliphatic carbocycles. The molecule has 1 fully saturated rings. The molecular formula is C14H22ClN3S. The minimum atomic E-state index is 0.326. The van der Waals surface area contributed by atoms with Gasteiger partial charge in [-0.1, -0.05) is 38.3 Å². The summed E-state index contributed by atoms with van der Waals surface area (Å²) in [5.74, 6) is 1.24. The number of aromatic nitrogens is 2. The number of nitrogens with one attached hydrogen (secondary N) is 1. The quantitative estimate of drug-likeness (QED) is 0.839. The van der Waals surface area contributed by atoms with Crippen LogP contribution in [0.3, 0.4) is 0 Å². The normalized spacial score (nSPS) is 23.6. The summed E-state index contributed by atoms with van der Waals surface area (Å²) in [6.07, 6.45) is 8.88. The van der Waals surface area contributed by atoms with Crippen LogP contribution in [-0.4, -0.2) is 27.5 Å². The molecule has 2 atom stereocenters. The Morgan fingerprint density at radius 3 is 2.74 bits per heavy atom. The lowest BCUT2D eigenvalue weighted by molar-refractivity contribution is 0.473. The van der Waals surface area contributed by atoms with Gasteiger partial charge >= 0.3 is 0 Å². The van der Waals surface area contributed by atoms with Crippen molar-refractivity contribution in [2.75, 3.05) is 11.6 Å². The number of hydrogen-bond donors (Lipinski definition) is 1. The van der Waals surface area contributed by atoms with E-state index in [1.807, 2.05) is 11.8 Å². The van der Waals surface area contributed by atoms with Gasteiger partial charge in [0.25, 0.3) is 0 Å². The molecule has 0 amide bonds. The van der Waals surface area contributed by atoms with Gasteiger partial charge in [-0.25, -0.2) is 9.97 Å². The molecule has 0 aliphatic heterocycles. The Morgan fingerprint density at radius 2 is 2.05 bits per heavy atom. The maximum Gasteiger partial charge on any atom is 0.138 e. The summed E-state index contributed by atoms with van der Waals surface area (Å²) < 4.78 is 0. The van der Waals surface area contributed by atoms with Crippen LogP contribution in [-0.2, 0) is 0 Å². The van der Waals surface area contributed by atoms with Gasteiger partial charge in [-0.05, 0) is 25.0 Å². The smallest absolute Gasteiger partial charge is 0.138 e. The third-order valence-electron chi connectivity index (χ3n) is 3.74. The predicted octanol–water partition coefficient (Wildman–Crippen LogP) is 4.34. The minimum absolute atomic E-state index is 0.326. The van der Waals surface area contributed by atoms with Crippen LogP contribution in [0.15, 0.2) is 6.33 Å². The Morgan fingerprint density at radius 1 is 1.32 bits per heavy atom. The molecule has 1 aromatic heterocycles. The summed E-state index contributed by atoms with van der Waals surface area (Å²) in [5.41, 5.74) is 1.04. The minimum Gasteiger partial charge on any atom is -0.366 e. The van der Waals surface area contributed by atoms with Crippen LogP contribution in [0.4, 0.5) is 5.82 Å². The second-order valence-corrected chi connectivity index (χ2v) is 6.83. The zero-order valence-corrected chi connectivity index (χ0v) is 13.4. The summed E-state index contributed by atoms with van der Waals surface area (Å²) in [7, 11) is 0. The molecule has 0 radical (unpaired) electrons. The highest BCUT2D eigenvalue weighted by Gasteiger charge is 2.26. The molecule has 1 heterocycles. The Hall–Kier alpha value is -0.480. The molecule has 1 aliphatic rings. The third-order valence-corrected chi connectivity index (χ3v) is 5.21. The highest BCUT2D eigenvalue weighted by molar-refractivity contribution is 7.99. The van der Waals surface area contributed by atoms with E-state index in [0.29, 0.717) is 22.4 Å². The van der Waals surface area contributed by atoms with E-state index >= 15 is 0 Å². The lowest BCUT2D eigenvalue weighted by Crippen LogP contribution is -2.35. The molecule has 5 heteroatoms. The molecule has 106 valence electrons. The molecule has 2 rings (SSSR count). The molecule has 1 N–H and O–H groups in total. The molecule has 0 spiro atoms. The average Bonchev–Trinajstić information content (AvgIpc) is 2.39. The van der Waals surface area contributed by atoms with Gasteiger partial charge < -0.3 is 5.32 Å². The van der Waals surface area contributed by atoms with Crippen molar-refractivity contribution in [3.05, 3.63) is 17.0 Å². The molecule has 0 saturated heterocycles. The number of thioether (sulfide) groups is 1. The van der Waals surface area contributed by atoms with Crippen LogP contribution in [0, 0.1) is 0 Å². The van der Waals surface area contributed by atoms with Crippen molar-refractivity contribution in [3.8, 4) is 0 Å². The van der Waals surface area contributed by atoms with Gasteiger partial charge in [0, 0.05) is 16.9 Å². The molecule has 1 saturated carbocycles. The number of anilines is 1. The highest BCUT2D eigenvalue weighted by atomic mass is 35.5. The van der Waals surface area contributed by atoms with Crippen molar-refractivity contribution >= 4 is 29.2 Å². The van der Waals surface area contributed by atoms with E-state index in [2.05, 4.69) is 35.4 Å². The monoisotopic (exact) mass is 299 g/mol. The Labute approximate surface area is 124 Å². The molecule has 19 heavy (non-hydrogen) atoms. The highest BCUT2D eigenvalue weighted by Crippen LogP contribution is 2.33. The van der Waals surface area contributed by atoms with E-state index in [1.165, 1.54) is 25.7 Å². The van der Waals surface area contributed by atoms with Gasteiger partial charge in [-0.3, -0.25) is 0 Å². The maximum atomic E-state index is 6.22. The van der Waals surface area contributed by atoms with E-state index in [0.717, 1.165) is 11.4 Å². The first kappa shape index (κ1) is 14.9. The lowest BCUT2D eigenvalue weighted by Gasteiger charge is -2.32. The molecular weight excluding hydrogens is 278 g/mol. The van der Waals surface area contributed by atoms with Gasteiger partial charge in [0.05, 0.1) is 0 Å². The van der Waals surface area contributed by atoms with Gasteiger partial charge in [-0.15, -0.1) is 0 Å². The van der Waals surface area contributed by atoms with Crippen molar-refractivity contribution in [3.63, 3.8) is 0 Å². The standard InChI is InChI=1S/C14H22ClN3S/c1-9(2)12-13(15)16-8-17-14(12)18-10-6-4-5-7-11(10)19-3/h8-11H,4-7H2,1-3H3,(H,16,17,18). The molecule has 0 bridgehead atoms. The maximum absolute atomic E-state index is 6.22. The van der Waals surface area contributed by atoms with Crippen LogP contribution in [0.1, 0.15) is 51.0 Å². The van der Waals surface area contributed by atoms with Gasteiger partial charge in [0.15, 0.2) is 0 Å². The Kier molecular flexibility index (Phi) is 5.34. The van der Waals surface area contributed by atoms with Gasteiger partial charge in [0.1, 0.15) is 17.3 Å². The van der Waals surface area contributed by atoms with Crippen molar-refractivity contribution in [1.29, 1.82) is 0 Å². The van der Waals surface area contributed by atoms with E-state index in [4.69, 9.17) is 11.6 Å². The van der Waals surface area contributed by atoms with Crippen LogP contribution < -0.4 is 5.32 Å². The predicted molar refractivity (Wildman–Crippen MR) is 84.3 cm³/mol. The van der Waals surface area contributed by atoms with Crippen molar-refractivity contribution < 1.29 is 0 Å².